The van der Waals surface area contributed by atoms with E-state index in [1.807, 2.05) is 20.8 Å². The Morgan fingerprint density at radius 1 is 1.13 bits per heavy atom. The SMILES string of the molecule is CC.CC1=CC=Cc2nc(C)ccc2C1. The number of rotatable bonds is 0. The monoisotopic (exact) mass is 201 g/mol. The van der Waals surface area contributed by atoms with Crippen LogP contribution in [0.15, 0.2) is 29.9 Å². The van der Waals surface area contributed by atoms with E-state index in [2.05, 4.69) is 42.3 Å². The van der Waals surface area contributed by atoms with Crippen molar-refractivity contribution in [2.45, 2.75) is 34.1 Å². The van der Waals surface area contributed by atoms with Crippen LogP contribution in [0.5, 0.6) is 0 Å². The van der Waals surface area contributed by atoms with Gasteiger partial charge in [-0.25, -0.2) is 0 Å². The van der Waals surface area contributed by atoms with Gasteiger partial charge in [-0.2, -0.15) is 0 Å². The third-order valence-corrected chi connectivity index (χ3v) is 2.26. The lowest BCUT2D eigenvalue weighted by Gasteiger charge is -2.04. The molecular formula is C14H19N. The predicted octanol–water partition coefficient (Wildman–Crippen LogP) is 3.93. The van der Waals surface area contributed by atoms with E-state index in [4.69, 9.17) is 0 Å². The molecule has 0 spiro atoms. The molecule has 0 aromatic carbocycles. The Bertz CT molecular complexity index is 386. The number of aryl methyl sites for hydroxylation is 1. The highest BCUT2D eigenvalue weighted by Crippen LogP contribution is 2.17. The molecular weight excluding hydrogens is 182 g/mol. The van der Waals surface area contributed by atoms with Crippen molar-refractivity contribution in [3.63, 3.8) is 0 Å². The molecule has 2 rings (SSSR count). The molecule has 1 heteroatoms. The zero-order valence-corrected chi connectivity index (χ0v) is 10.0. The standard InChI is InChI=1S/C12H13N.C2H6/c1-9-4-3-5-12-11(8-9)7-6-10(2)13-12;1-2/h3-7H,8H2,1-2H3;1-2H3. The molecule has 0 saturated carbocycles. The summed E-state index contributed by atoms with van der Waals surface area (Å²) in [7, 11) is 0. The van der Waals surface area contributed by atoms with Gasteiger partial charge in [0.15, 0.2) is 0 Å². The predicted molar refractivity (Wildman–Crippen MR) is 66.8 cm³/mol. The molecule has 1 aliphatic carbocycles. The summed E-state index contributed by atoms with van der Waals surface area (Å²) in [6.45, 7) is 8.18. The second kappa shape index (κ2) is 5.50. The van der Waals surface area contributed by atoms with Gasteiger partial charge in [0.05, 0.1) is 5.69 Å². The van der Waals surface area contributed by atoms with Crippen LogP contribution in [-0.2, 0) is 6.42 Å². The topological polar surface area (TPSA) is 12.9 Å². The van der Waals surface area contributed by atoms with Crippen LogP contribution in [0, 0.1) is 6.92 Å². The van der Waals surface area contributed by atoms with E-state index in [9.17, 15) is 0 Å². The molecule has 1 aromatic heterocycles. The molecule has 0 unspecified atom stereocenters. The maximum absolute atomic E-state index is 4.49. The van der Waals surface area contributed by atoms with Gasteiger partial charge in [0.1, 0.15) is 0 Å². The molecule has 0 atom stereocenters. The minimum atomic E-state index is 1.02. The molecule has 0 saturated heterocycles. The van der Waals surface area contributed by atoms with E-state index in [0.29, 0.717) is 0 Å². The fraction of sp³-hybridized carbons (Fsp3) is 0.357. The Morgan fingerprint density at radius 2 is 1.87 bits per heavy atom. The van der Waals surface area contributed by atoms with Crippen molar-refractivity contribution in [3.05, 3.63) is 46.8 Å². The van der Waals surface area contributed by atoms with Gasteiger partial charge in [0.2, 0.25) is 0 Å². The van der Waals surface area contributed by atoms with E-state index < -0.39 is 0 Å². The van der Waals surface area contributed by atoms with E-state index >= 15 is 0 Å². The van der Waals surface area contributed by atoms with Gasteiger partial charge in [-0.15, -0.1) is 0 Å². The van der Waals surface area contributed by atoms with Crippen LogP contribution in [-0.4, -0.2) is 4.98 Å². The summed E-state index contributed by atoms with van der Waals surface area (Å²) < 4.78 is 0. The van der Waals surface area contributed by atoms with Crippen molar-refractivity contribution < 1.29 is 0 Å². The average Bonchev–Trinajstić information content (AvgIpc) is 2.42. The molecule has 0 aliphatic heterocycles. The van der Waals surface area contributed by atoms with Crippen LogP contribution in [0.1, 0.15) is 37.7 Å². The average molecular weight is 201 g/mol. The number of aromatic nitrogens is 1. The molecule has 1 aromatic rings. The minimum absolute atomic E-state index is 1.02. The van der Waals surface area contributed by atoms with E-state index in [0.717, 1.165) is 17.8 Å². The Hall–Kier alpha value is -1.37. The van der Waals surface area contributed by atoms with Gasteiger partial charge >= 0.3 is 0 Å². The first-order chi connectivity index (χ1) is 7.25. The van der Waals surface area contributed by atoms with Gasteiger partial charge in [-0.3, -0.25) is 4.98 Å². The summed E-state index contributed by atoms with van der Waals surface area (Å²) >= 11 is 0. The van der Waals surface area contributed by atoms with Crippen molar-refractivity contribution in [2.24, 2.45) is 0 Å². The number of hydrogen-bond acceptors (Lipinski definition) is 1. The summed E-state index contributed by atoms with van der Waals surface area (Å²) in [5, 5.41) is 0. The maximum atomic E-state index is 4.49. The number of allylic oxidation sites excluding steroid dienone is 3. The molecule has 1 nitrogen and oxygen atoms in total. The third-order valence-electron chi connectivity index (χ3n) is 2.26. The van der Waals surface area contributed by atoms with E-state index in [1.54, 1.807) is 0 Å². The molecule has 1 heterocycles. The van der Waals surface area contributed by atoms with Crippen molar-refractivity contribution in [2.75, 3.05) is 0 Å². The molecule has 80 valence electrons. The fourth-order valence-electron chi connectivity index (χ4n) is 1.56. The van der Waals surface area contributed by atoms with Crippen LogP contribution in [0.2, 0.25) is 0 Å². The van der Waals surface area contributed by atoms with Crippen molar-refractivity contribution in [3.8, 4) is 0 Å². The van der Waals surface area contributed by atoms with Gasteiger partial charge < -0.3 is 0 Å². The first kappa shape index (κ1) is 11.7. The quantitative estimate of drug-likeness (QED) is 0.619. The fourth-order valence-corrected chi connectivity index (χ4v) is 1.56. The Balaban J connectivity index is 0.000000531. The third kappa shape index (κ3) is 3.05. The number of nitrogens with zero attached hydrogens (tertiary/aromatic N) is 1. The number of fused-ring (bicyclic) bond motifs is 1. The van der Waals surface area contributed by atoms with Crippen LogP contribution >= 0.6 is 0 Å². The first-order valence-corrected chi connectivity index (χ1v) is 5.56. The Morgan fingerprint density at radius 3 is 2.60 bits per heavy atom. The minimum Gasteiger partial charge on any atom is -0.253 e. The molecule has 0 amide bonds. The van der Waals surface area contributed by atoms with E-state index in [-0.39, 0.29) is 0 Å². The zero-order chi connectivity index (χ0) is 11.3. The second-order valence-corrected chi connectivity index (χ2v) is 3.55. The van der Waals surface area contributed by atoms with Gasteiger partial charge in [0, 0.05) is 5.69 Å². The second-order valence-electron chi connectivity index (χ2n) is 3.55. The van der Waals surface area contributed by atoms with Crippen LogP contribution in [0.4, 0.5) is 0 Å². The van der Waals surface area contributed by atoms with Crippen molar-refractivity contribution >= 4 is 6.08 Å². The lowest BCUT2D eigenvalue weighted by Crippen LogP contribution is -1.94. The van der Waals surface area contributed by atoms with Gasteiger partial charge in [-0.1, -0.05) is 37.6 Å². The normalized spacial score (nSPS) is 13.2. The zero-order valence-electron chi connectivity index (χ0n) is 10.0. The van der Waals surface area contributed by atoms with Crippen LogP contribution in [0.25, 0.3) is 6.08 Å². The summed E-state index contributed by atoms with van der Waals surface area (Å²) in [5.41, 5.74) is 4.92. The molecule has 1 aliphatic rings. The van der Waals surface area contributed by atoms with Crippen LogP contribution in [0.3, 0.4) is 0 Å². The highest BCUT2D eigenvalue weighted by atomic mass is 14.7. The van der Waals surface area contributed by atoms with Gasteiger partial charge in [0.25, 0.3) is 0 Å². The van der Waals surface area contributed by atoms with Crippen LogP contribution < -0.4 is 0 Å². The largest absolute Gasteiger partial charge is 0.253 e. The highest BCUT2D eigenvalue weighted by molar-refractivity contribution is 5.54. The number of hydrogen-bond donors (Lipinski definition) is 0. The Kier molecular flexibility index (Phi) is 4.29. The molecule has 0 N–H and O–H groups in total. The maximum Gasteiger partial charge on any atom is 0.0668 e. The summed E-state index contributed by atoms with van der Waals surface area (Å²) in [4.78, 5) is 4.49. The smallest absolute Gasteiger partial charge is 0.0668 e. The molecule has 0 bridgehead atoms. The number of pyridine rings is 1. The molecule has 15 heavy (non-hydrogen) atoms. The highest BCUT2D eigenvalue weighted by Gasteiger charge is 2.04. The summed E-state index contributed by atoms with van der Waals surface area (Å²) in [5.74, 6) is 0. The lowest BCUT2D eigenvalue weighted by molar-refractivity contribution is 1.08. The molecule has 0 radical (unpaired) electrons. The molecule has 0 fully saturated rings. The lowest BCUT2D eigenvalue weighted by atomic mass is 10.1. The summed E-state index contributed by atoms with van der Waals surface area (Å²) in [6.07, 6.45) is 7.33. The Labute approximate surface area is 92.6 Å². The summed E-state index contributed by atoms with van der Waals surface area (Å²) in [6, 6.07) is 4.25. The van der Waals surface area contributed by atoms with E-state index in [1.165, 1.54) is 11.1 Å². The van der Waals surface area contributed by atoms with Crippen molar-refractivity contribution in [1.29, 1.82) is 0 Å². The van der Waals surface area contributed by atoms with Crippen molar-refractivity contribution in [1.82, 2.24) is 4.98 Å². The first-order valence-electron chi connectivity index (χ1n) is 5.56. The van der Waals surface area contributed by atoms with Gasteiger partial charge in [-0.05, 0) is 38.0 Å².